The van der Waals surface area contributed by atoms with Crippen molar-refractivity contribution in [1.82, 2.24) is 0 Å². The number of aryl methyl sites for hydroxylation is 2. The minimum Gasteiger partial charge on any atom is -0.391 e. The predicted molar refractivity (Wildman–Crippen MR) is 61.9 cm³/mol. The van der Waals surface area contributed by atoms with Crippen molar-refractivity contribution >= 4 is 21.4 Å². The molecule has 0 saturated carbocycles. The first-order valence-corrected chi connectivity index (χ1v) is 5.69. The van der Waals surface area contributed by atoms with Crippen LogP contribution < -0.4 is 0 Å². The zero-order chi connectivity index (χ0) is 10.1. The van der Waals surface area contributed by atoms with Gasteiger partial charge >= 0.3 is 0 Å². The Morgan fingerprint density at radius 3 is 2.71 bits per heavy atom. The van der Waals surface area contributed by atoms with Crippen molar-refractivity contribution in [2.75, 3.05) is 0 Å². The Labute approximate surface area is 88.0 Å². The highest BCUT2D eigenvalue weighted by Crippen LogP contribution is 2.28. The Hall–Kier alpha value is -0.860. The molecule has 0 unspecified atom stereocenters. The molecule has 1 nitrogen and oxygen atoms in total. The molecule has 2 rings (SSSR count). The van der Waals surface area contributed by atoms with Crippen molar-refractivity contribution in [1.29, 1.82) is 0 Å². The highest BCUT2D eigenvalue weighted by atomic mass is 32.1. The van der Waals surface area contributed by atoms with E-state index >= 15 is 0 Å². The number of benzene rings is 1. The van der Waals surface area contributed by atoms with Crippen LogP contribution in [0.25, 0.3) is 10.1 Å². The van der Waals surface area contributed by atoms with E-state index in [1.54, 1.807) is 11.3 Å². The summed E-state index contributed by atoms with van der Waals surface area (Å²) < 4.78 is 1.28. The molecular weight excluding hydrogens is 192 g/mol. The lowest BCUT2D eigenvalue weighted by Crippen LogP contribution is -1.84. The van der Waals surface area contributed by atoms with Crippen LogP contribution in [0.1, 0.15) is 22.9 Å². The van der Waals surface area contributed by atoms with E-state index in [1.165, 1.54) is 21.2 Å². The maximum atomic E-state index is 9.04. The lowest BCUT2D eigenvalue weighted by atomic mass is 10.0. The third kappa shape index (κ3) is 1.56. The average Bonchev–Trinajstić information content (AvgIpc) is 2.58. The average molecular weight is 206 g/mol. The predicted octanol–water partition coefficient (Wildman–Crippen LogP) is 3.26. The van der Waals surface area contributed by atoms with Gasteiger partial charge in [0.25, 0.3) is 0 Å². The maximum absolute atomic E-state index is 9.04. The van der Waals surface area contributed by atoms with Gasteiger partial charge in [-0.25, -0.2) is 0 Å². The summed E-state index contributed by atoms with van der Waals surface area (Å²) in [5.41, 5.74) is 2.76. The third-order valence-corrected chi connectivity index (χ3v) is 3.65. The summed E-state index contributed by atoms with van der Waals surface area (Å²) in [4.78, 5) is 1.05. The third-order valence-electron chi connectivity index (χ3n) is 2.56. The summed E-state index contributed by atoms with van der Waals surface area (Å²) in [6.45, 7) is 4.48. The van der Waals surface area contributed by atoms with Crippen molar-refractivity contribution in [3.8, 4) is 0 Å². The number of aliphatic hydroxyl groups is 1. The maximum Gasteiger partial charge on any atom is 0.0774 e. The van der Waals surface area contributed by atoms with Crippen LogP contribution >= 0.6 is 11.3 Å². The van der Waals surface area contributed by atoms with Crippen molar-refractivity contribution in [2.45, 2.75) is 26.9 Å². The van der Waals surface area contributed by atoms with Gasteiger partial charge in [0, 0.05) is 9.58 Å². The van der Waals surface area contributed by atoms with E-state index < -0.39 is 0 Å². The largest absolute Gasteiger partial charge is 0.391 e. The Morgan fingerprint density at radius 1 is 1.29 bits per heavy atom. The highest BCUT2D eigenvalue weighted by Gasteiger charge is 2.04. The van der Waals surface area contributed by atoms with E-state index in [2.05, 4.69) is 32.0 Å². The van der Waals surface area contributed by atoms with Crippen LogP contribution in [-0.2, 0) is 13.0 Å². The second-order valence-corrected chi connectivity index (χ2v) is 4.71. The van der Waals surface area contributed by atoms with Gasteiger partial charge < -0.3 is 5.11 Å². The number of hydrogen-bond acceptors (Lipinski definition) is 2. The van der Waals surface area contributed by atoms with Crippen LogP contribution in [0.3, 0.4) is 0 Å². The fourth-order valence-corrected chi connectivity index (χ4v) is 2.75. The fraction of sp³-hybridized carbons (Fsp3) is 0.333. The number of hydrogen-bond donors (Lipinski definition) is 1. The van der Waals surface area contributed by atoms with Gasteiger partial charge in [0.2, 0.25) is 0 Å². The lowest BCUT2D eigenvalue weighted by molar-refractivity contribution is 0.285. The molecule has 14 heavy (non-hydrogen) atoms. The summed E-state index contributed by atoms with van der Waals surface area (Å²) in [6, 6.07) is 6.54. The van der Waals surface area contributed by atoms with Crippen molar-refractivity contribution in [3.63, 3.8) is 0 Å². The van der Waals surface area contributed by atoms with Crippen LogP contribution in [0, 0.1) is 6.92 Å². The first kappa shape index (κ1) is 9.69. The number of rotatable bonds is 2. The second kappa shape index (κ2) is 3.71. The van der Waals surface area contributed by atoms with Gasteiger partial charge in [0.1, 0.15) is 0 Å². The van der Waals surface area contributed by atoms with E-state index in [4.69, 9.17) is 5.11 Å². The summed E-state index contributed by atoms with van der Waals surface area (Å²) in [5, 5.41) is 10.3. The molecule has 0 fully saturated rings. The first-order valence-electron chi connectivity index (χ1n) is 4.87. The molecule has 2 aromatic rings. The Bertz CT molecular complexity index is 457. The van der Waals surface area contributed by atoms with Crippen molar-refractivity contribution in [2.24, 2.45) is 0 Å². The molecule has 0 aliphatic heterocycles. The Balaban J connectivity index is 2.64. The topological polar surface area (TPSA) is 20.2 Å². The molecule has 0 aliphatic carbocycles. The van der Waals surface area contributed by atoms with E-state index in [0.29, 0.717) is 0 Å². The summed E-state index contributed by atoms with van der Waals surface area (Å²) in [7, 11) is 0. The molecule has 1 heterocycles. The zero-order valence-electron chi connectivity index (χ0n) is 8.50. The quantitative estimate of drug-likeness (QED) is 0.799. The van der Waals surface area contributed by atoms with Gasteiger partial charge in [-0.1, -0.05) is 13.0 Å². The molecule has 0 radical (unpaired) electrons. The Morgan fingerprint density at radius 2 is 2.07 bits per heavy atom. The van der Waals surface area contributed by atoms with Crippen LogP contribution in [-0.4, -0.2) is 5.11 Å². The van der Waals surface area contributed by atoms with Gasteiger partial charge in [-0.05, 0) is 42.0 Å². The fourth-order valence-electron chi connectivity index (χ4n) is 1.75. The van der Waals surface area contributed by atoms with Crippen LogP contribution in [0.4, 0.5) is 0 Å². The summed E-state index contributed by atoms with van der Waals surface area (Å²) in [5.74, 6) is 0. The zero-order valence-corrected chi connectivity index (χ0v) is 9.32. The van der Waals surface area contributed by atoms with Gasteiger partial charge in [-0.3, -0.25) is 0 Å². The molecule has 0 aliphatic rings. The number of fused-ring (bicyclic) bond motifs is 1. The SMILES string of the molecule is CCc1cc2cc(CO)sc2cc1C. The van der Waals surface area contributed by atoms with Gasteiger partial charge in [-0.15, -0.1) is 11.3 Å². The van der Waals surface area contributed by atoms with Gasteiger partial charge in [-0.2, -0.15) is 0 Å². The minimum absolute atomic E-state index is 0.153. The highest BCUT2D eigenvalue weighted by molar-refractivity contribution is 7.19. The molecular formula is C12H14OS. The van der Waals surface area contributed by atoms with Crippen molar-refractivity contribution < 1.29 is 5.11 Å². The van der Waals surface area contributed by atoms with E-state index in [9.17, 15) is 0 Å². The summed E-state index contributed by atoms with van der Waals surface area (Å²) >= 11 is 1.68. The van der Waals surface area contributed by atoms with Crippen LogP contribution in [0.15, 0.2) is 18.2 Å². The summed E-state index contributed by atoms with van der Waals surface area (Å²) in [6.07, 6.45) is 1.08. The van der Waals surface area contributed by atoms with Crippen molar-refractivity contribution in [3.05, 3.63) is 34.2 Å². The normalized spacial score (nSPS) is 11.1. The standard InChI is InChI=1S/C12H14OS/c1-3-9-5-10-6-11(7-13)14-12(10)4-8(9)2/h4-6,13H,3,7H2,1-2H3. The molecule has 1 aromatic heterocycles. The molecule has 0 bridgehead atoms. The molecule has 74 valence electrons. The minimum atomic E-state index is 0.153. The lowest BCUT2D eigenvalue weighted by Gasteiger charge is -2.01. The number of thiophene rings is 1. The molecule has 1 aromatic carbocycles. The van der Waals surface area contributed by atoms with Crippen LogP contribution in [0.2, 0.25) is 0 Å². The van der Waals surface area contributed by atoms with E-state index in [0.717, 1.165) is 11.3 Å². The Kier molecular flexibility index (Phi) is 2.57. The van der Waals surface area contributed by atoms with E-state index in [-0.39, 0.29) is 6.61 Å². The smallest absolute Gasteiger partial charge is 0.0774 e. The van der Waals surface area contributed by atoms with Gasteiger partial charge in [0.05, 0.1) is 6.61 Å². The monoisotopic (exact) mass is 206 g/mol. The molecule has 1 N–H and O–H groups in total. The molecule has 0 spiro atoms. The van der Waals surface area contributed by atoms with Crippen LogP contribution in [0.5, 0.6) is 0 Å². The first-order chi connectivity index (χ1) is 6.74. The van der Waals surface area contributed by atoms with Gasteiger partial charge in [0.15, 0.2) is 0 Å². The molecule has 2 heteroatoms. The molecule has 0 atom stereocenters. The molecule has 0 amide bonds. The number of aliphatic hydroxyl groups excluding tert-OH is 1. The second-order valence-electron chi connectivity index (χ2n) is 3.54. The van der Waals surface area contributed by atoms with E-state index in [1.807, 2.05) is 0 Å². The molecule has 0 saturated heterocycles.